The molecule has 1 heterocycles. The maximum atomic E-state index is 6.01. The van der Waals surface area contributed by atoms with Gasteiger partial charge in [0, 0.05) is 29.1 Å². The largest absolute Gasteiger partial charge is 0.493 e. The molecule has 0 amide bonds. The molecule has 1 aromatic heterocycles. The topological polar surface area (TPSA) is 70.3 Å². The van der Waals surface area contributed by atoms with Crippen molar-refractivity contribution in [3.8, 4) is 11.5 Å². The van der Waals surface area contributed by atoms with Crippen LogP contribution in [0.15, 0.2) is 21.4 Å². The number of anilines is 1. The third-order valence-corrected chi connectivity index (χ3v) is 4.34. The molecule has 0 aliphatic carbocycles. The van der Waals surface area contributed by atoms with Crippen LogP contribution >= 0.6 is 23.3 Å². The minimum atomic E-state index is 0.621. The molecule has 0 radical (unpaired) electrons. The molecular weight excluding hydrogens is 282 g/mol. The van der Waals surface area contributed by atoms with Gasteiger partial charge >= 0.3 is 0 Å². The Morgan fingerprint density at radius 2 is 1.95 bits per heavy atom. The van der Waals surface area contributed by atoms with Crippen molar-refractivity contribution < 1.29 is 9.47 Å². The van der Waals surface area contributed by atoms with Crippen LogP contribution in [0, 0.1) is 0 Å². The predicted octanol–water partition coefficient (Wildman–Crippen LogP) is 2.85. The molecular formula is C12H15N3O2S2. The van der Waals surface area contributed by atoms with Crippen molar-refractivity contribution in [2.45, 2.75) is 22.6 Å². The van der Waals surface area contributed by atoms with Crippen molar-refractivity contribution in [3.05, 3.63) is 18.0 Å². The molecule has 2 N–H and O–H groups in total. The third-order valence-electron chi connectivity index (χ3n) is 2.48. The van der Waals surface area contributed by atoms with Gasteiger partial charge in [0.2, 0.25) is 0 Å². The van der Waals surface area contributed by atoms with E-state index in [-0.39, 0.29) is 0 Å². The Hall–Kier alpha value is -1.47. The van der Waals surface area contributed by atoms with Gasteiger partial charge in [-0.15, -0.1) is 0 Å². The molecule has 2 rings (SSSR count). The molecule has 7 heteroatoms. The number of hydrogen-bond acceptors (Lipinski definition) is 7. The molecule has 0 unspecified atom stereocenters. The van der Waals surface area contributed by atoms with Gasteiger partial charge in [-0.2, -0.15) is 4.37 Å². The Kier molecular flexibility index (Phi) is 4.49. The Bertz CT molecular complexity index is 572. The lowest BCUT2D eigenvalue weighted by Crippen LogP contribution is -1.95. The molecule has 0 bridgehead atoms. The van der Waals surface area contributed by atoms with Crippen molar-refractivity contribution in [1.82, 2.24) is 9.36 Å². The molecule has 19 heavy (non-hydrogen) atoms. The van der Waals surface area contributed by atoms with E-state index in [0.29, 0.717) is 17.2 Å². The smallest absolute Gasteiger partial charge is 0.174 e. The van der Waals surface area contributed by atoms with E-state index in [4.69, 9.17) is 15.2 Å². The van der Waals surface area contributed by atoms with Crippen molar-refractivity contribution in [3.63, 3.8) is 0 Å². The summed E-state index contributed by atoms with van der Waals surface area (Å²) in [5.41, 5.74) is 6.64. The van der Waals surface area contributed by atoms with E-state index in [1.54, 1.807) is 20.3 Å². The van der Waals surface area contributed by atoms with Gasteiger partial charge in [-0.1, -0.05) is 18.7 Å². The lowest BCUT2D eigenvalue weighted by Gasteiger charge is -2.11. The number of methoxy groups -OCH3 is 2. The Labute approximate surface area is 120 Å². The minimum Gasteiger partial charge on any atom is -0.493 e. The fraction of sp³-hybridized carbons (Fsp3) is 0.333. The SMILES string of the molecule is CCc1nsc(Sc2cc(OC)c(OC)cc2N)n1. The van der Waals surface area contributed by atoms with E-state index < -0.39 is 0 Å². The van der Waals surface area contributed by atoms with Crippen molar-refractivity contribution in [2.75, 3.05) is 20.0 Å². The van der Waals surface area contributed by atoms with Crippen LogP contribution in [0.5, 0.6) is 11.5 Å². The van der Waals surface area contributed by atoms with Crippen LogP contribution in [-0.2, 0) is 6.42 Å². The first-order valence-corrected chi connectivity index (χ1v) is 7.28. The van der Waals surface area contributed by atoms with Gasteiger partial charge in [0.15, 0.2) is 15.8 Å². The second-order valence-corrected chi connectivity index (χ2v) is 5.72. The Morgan fingerprint density at radius 3 is 2.53 bits per heavy atom. The second-order valence-electron chi connectivity index (χ2n) is 3.68. The summed E-state index contributed by atoms with van der Waals surface area (Å²) in [6, 6.07) is 3.61. The summed E-state index contributed by atoms with van der Waals surface area (Å²) in [5.74, 6) is 2.13. The summed E-state index contributed by atoms with van der Waals surface area (Å²) < 4.78 is 15.6. The maximum Gasteiger partial charge on any atom is 0.174 e. The zero-order valence-electron chi connectivity index (χ0n) is 11.0. The number of benzene rings is 1. The number of nitrogens with zero attached hydrogens (tertiary/aromatic N) is 2. The van der Waals surface area contributed by atoms with Gasteiger partial charge in [0.1, 0.15) is 5.82 Å². The molecule has 1 aromatic carbocycles. The first-order valence-electron chi connectivity index (χ1n) is 5.69. The summed E-state index contributed by atoms with van der Waals surface area (Å²) >= 11 is 2.86. The summed E-state index contributed by atoms with van der Waals surface area (Å²) in [7, 11) is 3.19. The molecule has 0 aliphatic rings. The van der Waals surface area contributed by atoms with Crippen LogP contribution in [0.1, 0.15) is 12.7 Å². The van der Waals surface area contributed by atoms with Crippen molar-refractivity contribution in [1.29, 1.82) is 0 Å². The second kappa shape index (κ2) is 6.12. The normalized spacial score (nSPS) is 10.5. The standard InChI is InChI=1S/C12H15N3O2S2/c1-4-11-14-12(19-15-11)18-10-6-9(17-3)8(16-2)5-7(10)13/h5-6H,4,13H2,1-3H3. The van der Waals surface area contributed by atoms with E-state index in [1.807, 2.05) is 13.0 Å². The minimum absolute atomic E-state index is 0.621. The molecule has 0 aliphatic heterocycles. The number of aryl methyl sites for hydroxylation is 1. The predicted molar refractivity (Wildman–Crippen MR) is 77.4 cm³/mol. The molecule has 0 fully saturated rings. The van der Waals surface area contributed by atoms with Gasteiger partial charge < -0.3 is 15.2 Å². The average molecular weight is 297 g/mol. The molecule has 2 aromatic rings. The summed E-state index contributed by atoms with van der Waals surface area (Å²) in [6.45, 7) is 2.03. The fourth-order valence-electron chi connectivity index (χ4n) is 1.48. The highest BCUT2D eigenvalue weighted by molar-refractivity contribution is 8.01. The molecule has 0 atom stereocenters. The zero-order valence-corrected chi connectivity index (χ0v) is 12.6. The molecule has 0 saturated heterocycles. The van der Waals surface area contributed by atoms with Crippen LogP contribution in [0.4, 0.5) is 5.69 Å². The van der Waals surface area contributed by atoms with Gasteiger partial charge in [0.25, 0.3) is 0 Å². The van der Waals surface area contributed by atoms with Crippen LogP contribution in [0.2, 0.25) is 0 Å². The van der Waals surface area contributed by atoms with Gasteiger partial charge in [0.05, 0.1) is 14.2 Å². The first-order chi connectivity index (χ1) is 9.17. The van der Waals surface area contributed by atoms with E-state index >= 15 is 0 Å². The zero-order chi connectivity index (χ0) is 13.8. The van der Waals surface area contributed by atoms with Gasteiger partial charge in [-0.25, -0.2) is 4.98 Å². The van der Waals surface area contributed by atoms with E-state index in [0.717, 1.165) is 21.5 Å². The van der Waals surface area contributed by atoms with Crippen molar-refractivity contribution in [2.24, 2.45) is 0 Å². The lowest BCUT2D eigenvalue weighted by molar-refractivity contribution is 0.354. The highest BCUT2D eigenvalue weighted by atomic mass is 32.2. The molecule has 0 spiro atoms. The summed E-state index contributed by atoms with van der Waals surface area (Å²) in [4.78, 5) is 5.29. The Balaban J connectivity index is 2.29. The summed E-state index contributed by atoms with van der Waals surface area (Å²) in [5, 5.41) is 0. The third kappa shape index (κ3) is 3.10. The van der Waals surface area contributed by atoms with Crippen LogP contribution in [-0.4, -0.2) is 23.6 Å². The van der Waals surface area contributed by atoms with Crippen LogP contribution in [0.3, 0.4) is 0 Å². The number of nitrogen functional groups attached to an aromatic ring is 1. The first kappa shape index (κ1) is 14.0. The van der Waals surface area contributed by atoms with Crippen LogP contribution < -0.4 is 15.2 Å². The number of rotatable bonds is 5. The summed E-state index contributed by atoms with van der Waals surface area (Å²) in [6.07, 6.45) is 0.832. The van der Waals surface area contributed by atoms with E-state index in [2.05, 4.69) is 9.36 Å². The highest BCUT2D eigenvalue weighted by Gasteiger charge is 2.12. The highest BCUT2D eigenvalue weighted by Crippen LogP contribution is 2.40. The van der Waals surface area contributed by atoms with Crippen LogP contribution in [0.25, 0.3) is 0 Å². The maximum absolute atomic E-state index is 6.01. The number of aromatic nitrogens is 2. The number of ether oxygens (including phenoxy) is 2. The fourth-order valence-corrected chi connectivity index (χ4v) is 3.19. The molecule has 0 saturated carbocycles. The number of hydrogen-bond donors (Lipinski definition) is 1. The molecule has 102 valence electrons. The number of nitrogens with two attached hydrogens (primary N) is 1. The Morgan fingerprint density at radius 1 is 1.26 bits per heavy atom. The van der Waals surface area contributed by atoms with Gasteiger partial charge in [-0.3, -0.25) is 0 Å². The van der Waals surface area contributed by atoms with E-state index in [9.17, 15) is 0 Å². The quantitative estimate of drug-likeness (QED) is 0.856. The van der Waals surface area contributed by atoms with Gasteiger partial charge in [-0.05, 0) is 11.5 Å². The van der Waals surface area contributed by atoms with E-state index in [1.165, 1.54) is 23.3 Å². The monoisotopic (exact) mass is 297 g/mol. The molecule has 5 nitrogen and oxygen atoms in total. The average Bonchev–Trinajstić information content (AvgIpc) is 2.88. The lowest BCUT2D eigenvalue weighted by atomic mass is 10.3. The van der Waals surface area contributed by atoms with Crippen molar-refractivity contribution >= 4 is 29.0 Å².